The van der Waals surface area contributed by atoms with Crippen LogP contribution in [0.5, 0.6) is 0 Å². The number of nitrogens with one attached hydrogen (secondary N) is 1. The Morgan fingerprint density at radius 3 is 2.86 bits per heavy atom. The summed E-state index contributed by atoms with van der Waals surface area (Å²) < 4.78 is 0. The molecule has 1 saturated heterocycles. The van der Waals surface area contributed by atoms with Gasteiger partial charge in [-0.15, -0.1) is 0 Å². The molecule has 22 heavy (non-hydrogen) atoms. The van der Waals surface area contributed by atoms with Crippen molar-refractivity contribution in [2.45, 2.75) is 13.3 Å². The van der Waals surface area contributed by atoms with Gasteiger partial charge in [0, 0.05) is 24.2 Å². The molecule has 7 nitrogen and oxygen atoms in total. The molecule has 1 aromatic heterocycles. The second-order valence-corrected chi connectivity index (χ2v) is 5.76. The molecule has 1 aromatic carbocycles. The lowest BCUT2D eigenvalue weighted by molar-refractivity contribution is -0.147. The van der Waals surface area contributed by atoms with E-state index in [1.807, 2.05) is 6.07 Å². The first kappa shape index (κ1) is 14.2. The number of carboxylic acids is 1. The van der Waals surface area contributed by atoms with Gasteiger partial charge in [-0.1, -0.05) is 12.1 Å². The molecule has 2 aromatic rings. The van der Waals surface area contributed by atoms with Crippen LogP contribution in [-0.2, 0) is 4.79 Å². The lowest BCUT2D eigenvalue weighted by Gasteiger charge is -2.20. The number of benzene rings is 1. The zero-order valence-electron chi connectivity index (χ0n) is 12.1. The normalized spacial score (nSPS) is 21.0. The molecule has 3 rings (SSSR count). The van der Waals surface area contributed by atoms with Crippen LogP contribution in [0.3, 0.4) is 0 Å². The van der Waals surface area contributed by atoms with Crippen molar-refractivity contribution in [3.05, 3.63) is 36.2 Å². The van der Waals surface area contributed by atoms with E-state index in [-0.39, 0.29) is 12.5 Å². The first-order valence-electron chi connectivity index (χ1n) is 6.98. The smallest absolute Gasteiger partial charge is 0.311 e. The zero-order chi connectivity index (χ0) is 15.7. The molecule has 1 aliphatic heterocycles. The van der Waals surface area contributed by atoms with Crippen LogP contribution >= 0.6 is 0 Å². The Bertz CT molecular complexity index is 713. The van der Waals surface area contributed by atoms with Crippen LogP contribution in [0.2, 0.25) is 0 Å². The third-order valence-electron chi connectivity index (χ3n) is 4.07. The average Bonchev–Trinajstić information content (AvgIpc) is 3.17. The first-order chi connectivity index (χ1) is 10.5. The van der Waals surface area contributed by atoms with Crippen molar-refractivity contribution in [2.75, 3.05) is 13.1 Å². The fourth-order valence-corrected chi connectivity index (χ4v) is 2.64. The number of likely N-dealkylation sites (tertiary alicyclic amines) is 1. The molecule has 1 aliphatic rings. The molecule has 1 fully saturated rings. The molecule has 0 aliphatic carbocycles. The molecule has 0 saturated carbocycles. The predicted octanol–water partition coefficient (Wildman–Crippen LogP) is 1.41. The van der Waals surface area contributed by atoms with Crippen molar-refractivity contribution >= 4 is 11.9 Å². The maximum absolute atomic E-state index is 12.6. The molecule has 114 valence electrons. The average molecular weight is 300 g/mol. The molecule has 1 unspecified atom stereocenters. The van der Waals surface area contributed by atoms with Gasteiger partial charge in [0.2, 0.25) is 0 Å². The molecule has 1 atom stereocenters. The molecule has 2 N–H and O–H groups in total. The number of hydrogen-bond donors (Lipinski definition) is 2. The van der Waals surface area contributed by atoms with Gasteiger partial charge in [-0.25, -0.2) is 4.98 Å². The third kappa shape index (κ3) is 2.45. The number of aromatic nitrogens is 3. The Labute approximate surface area is 127 Å². The van der Waals surface area contributed by atoms with E-state index in [2.05, 4.69) is 15.2 Å². The number of carbonyl (C=O) groups is 2. The van der Waals surface area contributed by atoms with Crippen LogP contribution in [-0.4, -0.2) is 50.2 Å². The van der Waals surface area contributed by atoms with Gasteiger partial charge in [-0.05, 0) is 25.5 Å². The minimum Gasteiger partial charge on any atom is -0.481 e. The highest BCUT2D eigenvalue weighted by molar-refractivity contribution is 5.96. The number of hydrogen-bond acceptors (Lipinski definition) is 4. The molecule has 2 heterocycles. The van der Waals surface area contributed by atoms with Crippen LogP contribution in [0.1, 0.15) is 23.7 Å². The molecule has 0 radical (unpaired) electrons. The zero-order valence-corrected chi connectivity index (χ0v) is 12.1. The van der Waals surface area contributed by atoms with E-state index in [9.17, 15) is 14.7 Å². The second kappa shape index (κ2) is 5.25. The van der Waals surface area contributed by atoms with E-state index < -0.39 is 11.4 Å². The SMILES string of the molecule is CC1(C(=O)O)CCN(C(=O)c2cccc(-c3ncn[nH]3)c2)C1. The summed E-state index contributed by atoms with van der Waals surface area (Å²) in [5.41, 5.74) is 0.421. The van der Waals surface area contributed by atoms with Crippen LogP contribution in [0.15, 0.2) is 30.6 Å². The van der Waals surface area contributed by atoms with Crippen LogP contribution in [0.25, 0.3) is 11.4 Å². The summed E-state index contributed by atoms with van der Waals surface area (Å²) in [6.07, 6.45) is 1.87. The summed E-state index contributed by atoms with van der Waals surface area (Å²) in [4.78, 5) is 29.5. The van der Waals surface area contributed by atoms with Gasteiger partial charge in [0.05, 0.1) is 5.41 Å². The summed E-state index contributed by atoms with van der Waals surface area (Å²) in [6.45, 7) is 2.36. The summed E-state index contributed by atoms with van der Waals surface area (Å²) in [5, 5.41) is 15.8. The summed E-state index contributed by atoms with van der Waals surface area (Å²) in [7, 11) is 0. The Balaban J connectivity index is 1.82. The van der Waals surface area contributed by atoms with Crippen LogP contribution in [0, 0.1) is 5.41 Å². The topological polar surface area (TPSA) is 99.2 Å². The molecule has 1 amide bonds. The van der Waals surface area contributed by atoms with E-state index in [0.717, 1.165) is 5.56 Å². The largest absolute Gasteiger partial charge is 0.481 e. The van der Waals surface area contributed by atoms with E-state index in [1.54, 1.807) is 30.0 Å². The van der Waals surface area contributed by atoms with Gasteiger partial charge in [0.15, 0.2) is 5.82 Å². The number of carbonyl (C=O) groups excluding carboxylic acids is 1. The van der Waals surface area contributed by atoms with Crippen molar-refractivity contribution in [1.82, 2.24) is 20.1 Å². The number of H-pyrrole nitrogens is 1. The lowest BCUT2D eigenvalue weighted by Crippen LogP contribution is -2.34. The molecule has 0 spiro atoms. The number of aliphatic carboxylic acids is 1. The van der Waals surface area contributed by atoms with Crippen LogP contribution in [0.4, 0.5) is 0 Å². The highest BCUT2D eigenvalue weighted by Crippen LogP contribution is 2.31. The minimum absolute atomic E-state index is 0.161. The standard InChI is InChI=1S/C15H16N4O3/c1-15(14(21)22)5-6-19(8-15)13(20)11-4-2-3-10(7-11)12-16-9-17-18-12/h2-4,7,9H,5-6,8H2,1H3,(H,21,22)(H,16,17,18). The van der Waals surface area contributed by atoms with Crippen LogP contribution < -0.4 is 0 Å². The second-order valence-electron chi connectivity index (χ2n) is 5.76. The number of amides is 1. The van der Waals surface area contributed by atoms with E-state index in [4.69, 9.17) is 0 Å². The fourth-order valence-electron chi connectivity index (χ4n) is 2.64. The number of nitrogens with zero attached hydrogens (tertiary/aromatic N) is 3. The maximum atomic E-state index is 12.6. The van der Waals surface area contributed by atoms with Crippen molar-refractivity contribution in [3.8, 4) is 11.4 Å². The van der Waals surface area contributed by atoms with Crippen molar-refractivity contribution in [2.24, 2.45) is 5.41 Å². The summed E-state index contributed by atoms with van der Waals surface area (Å²) >= 11 is 0. The van der Waals surface area contributed by atoms with E-state index in [1.165, 1.54) is 6.33 Å². The van der Waals surface area contributed by atoms with Crippen molar-refractivity contribution < 1.29 is 14.7 Å². The summed E-state index contributed by atoms with van der Waals surface area (Å²) in [5.74, 6) is -0.434. The minimum atomic E-state index is -0.863. The fraction of sp³-hybridized carbons (Fsp3) is 0.333. The van der Waals surface area contributed by atoms with Crippen molar-refractivity contribution in [3.63, 3.8) is 0 Å². The Morgan fingerprint density at radius 1 is 1.41 bits per heavy atom. The third-order valence-corrected chi connectivity index (χ3v) is 4.07. The lowest BCUT2D eigenvalue weighted by atomic mass is 9.90. The predicted molar refractivity (Wildman–Crippen MR) is 78.1 cm³/mol. The number of aromatic amines is 1. The van der Waals surface area contributed by atoms with Gasteiger partial charge in [0.25, 0.3) is 5.91 Å². The maximum Gasteiger partial charge on any atom is 0.311 e. The van der Waals surface area contributed by atoms with Gasteiger partial charge in [0.1, 0.15) is 6.33 Å². The van der Waals surface area contributed by atoms with Gasteiger partial charge < -0.3 is 10.0 Å². The first-order valence-corrected chi connectivity index (χ1v) is 6.98. The van der Waals surface area contributed by atoms with Gasteiger partial charge in [-0.3, -0.25) is 14.7 Å². The monoisotopic (exact) mass is 300 g/mol. The number of carboxylic acid groups (broad SMARTS) is 1. The Morgan fingerprint density at radius 2 is 2.23 bits per heavy atom. The van der Waals surface area contributed by atoms with Crippen molar-refractivity contribution in [1.29, 1.82) is 0 Å². The Kier molecular flexibility index (Phi) is 3.40. The van der Waals surface area contributed by atoms with Gasteiger partial charge in [-0.2, -0.15) is 5.10 Å². The van der Waals surface area contributed by atoms with E-state index in [0.29, 0.717) is 24.4 Å². The molecular formula is C15H16N4O3. The molecular weight excluding hydrogens is 284 g/mol. The summed E-state index contributed by atoms with van der Waals surface area (Å²) in [6, 6.07) is 7.07. The quantitative estimate of drug-likeness (QED) is 0.892. The number of rotatable bonds is 3. The highest BCUT2D eigenvalue weighted by atomic mass is 16.4. The molecule has 7 heteroatoms. The van der Waals surface area contributed by atoms with E-state index >= 15 is 0 Å². The Hall–Kier alpha value is -2.70. The molecule has 0 bridgehead atoms. The van der Waals surface area contributed by atoms with Gasteiger partial charge >= 0.3 is 5.97 Å². The highest BCUT2D eigenvalue weighted by Gasteiger charge is 2.42.